The summed E-state index contributed by atoms with van der Waals surface area (Å²) in [5.74, 6) is -0.0914. The number of aromatic nitrogens is 2. The van der Waals surface area contributed by atoms with Crippen molar-refractivity contribution in [2.75, 3.05) is 6.61 Å². The molecule has 2 heterocycles. The highest BCUT2D eigenvalue weighted by molar-refractivity contribution is 7.07. The van der Waals surface area contributed by atoms with E-state index >= 15 is 0 Å². The van der Waals surface area contributed by atoms with Gasteiger partial charge in [-0.15, -0.1) is 0 Å². The van der Waals surface area contributed by atoms with Crippen LogP contribution in [0.2, 0.25) is 0 Å². The minimum Gasteiger partial charge on any atom is -0.395 e. The molecule has 2 aromatic heterocycles. The predicted octanol–water partition coefficient (Wildman–Crippen LogP) is 2.45. The van der Waals surface area contributed by atoms with Crippen LogP contribution >= 0.6 is 11.3 Å². The van der Waals surface area contributed by atoms with Gasteiger partial charge in [0.1, 0.15) is 0 Å². The van der Waals surface area contributed by atoms with Gasteiger partial charge in [0.25, 0.3) is 5.91 Å². The number of carbonyl (C=O) groups is 1. The van der Waals surface area contributed by atoms with Gasteiger partial charge in [-0.2, -0.15) is 11.3 Å². The summed E-state index contributed by atoms with van der Waals surface area (Å²) in [7, 11) is 0. The van der Waals surface area contributed by atoms with Crippen molar-refractivity contribution >= 4 is 28.3 Å². The minimum atomic E-state index is -0.0914. The van der Waals surface area contributed by atoms with Gasteiger partial charge >= 0.3 is 0 Å². The monoisotopic (exact) mass is 329 g/mol. The number of aliphatic hydroxyl groups excluding tert-OH is 1. The van der Waals surface area contributed by atoms with Crippen LogP contribution in [0.25, 0.3) is 11.0 Å². The van der Waals surface area contributed by atoms with Gasteiger partial charge in [-0.25, -0.2) is 4.98 Å². The Labute approximate surface area is 138 Å². The van der Waals surface area contributed by atoms with E-state index in [9.17, 15) is 4.79 Å². The lowest BCUT2D eigenvalue weighted by molar-refractivity contribution is 0.0940. The van der Waals surface area contributed by atoms with Crippen molar-refractivity contribution in [2.45, 2.75) is 25.9 Å². The van der Waals surface area contributed by atoms with Crippen molar-refractivity contribution in [1.29, 1.82) is 0 Å². The molecule has 1 atom stereocenters. The maximum absolute atomic E-state index is 12.4. The van der Waals surface area contributed by atoms with E-state index in [-0.39, 0.29) is 18.6 Å². The first-order chi connectivity index (χ1) is 11.2. The molecule has 0 aliphatic heterocycles. The van der Waals surface area contributed by atoms with E-state index in [1.807, 2.05) is 22.9 Å². The summed E-state index contributed by atoms with van der Waals surface area (Å²) in [5.41, 5.74) is 3.52. The Morgan fingerprint density at radius 3 is 3.04 bits per heavy atom. The molecule has 0 saturated carbocycles. The van der Waals surface area contributed by atoms with Crippen molar-refractivity contribution in [1.82, 2.24) is 14.9 Å². The second-order valence-corrected chi connectivity index (χ2v) is 6.36. The lowest BCUT2D eigenvalue weighted by Gasteiger charge is -2.13. The molecule has 1 aromatic carbocycles. The number of hydrogen-bond donors (Lipinski definition) is 2. The van der Waals surface area contributed by atoms with Crippen LogP contribution in [0.15, 0.2) is 41.4 Å². The molecule has 0 fully saturated rings. The fourth-order valence-electron chi connectivity index (χ4n) is 2.61. The molecule has 3 aromatic rings. The van der Waals surface area contributed by atoms with Crippen molar-refractivity contribution < 1.29 is 9.90 Å². The van der Waals surface area contributed by atoms with Crippen LogP contribution in [-0.4, -0.2) is 33.2 Å². The highest BCUT2D eigenvalue weighted by Gasteiger charge is 2.12. The van der Waals surface area contributed by atoms with E-state index in [1.54, 1.807) is 29.8 Å². The largest absolute Gasteiger partial charge is 0.395 e. The topological polar surface area (TPSA) is 67.2 Å². The number of imidazole rings is 1. The van der Waals surface area contributed by atoms with Crippen LogP contribution in [0.4, 0.5) is 0 Å². The van der Waals surface area contributed by atoms with E-state index in [0.717, 1.165) is 17.5 Å². The van der Waals surface area contributed by atoms with Gasteiger partial charge in [-0.05, 0) is 53.9 Å². The first kappa shape index (κ1) is 15.7. The molecule has 1 amide bonds. The molecule has 6 heteroatoms. The Morgan fingerprint density at radius 1 is 1.43 bits per heavy atom. The number of hydrogen-bond acceptors (Lipinski definition) is 4. The van der Waals surface area contributed by atoms with Crippen LogP contribution in [0.5, 0.6) is 0 Å². The molecule has 23 heavy (non-hydrogen) atoms. The molecule has 0 radical (unpaired) electrons. The second kappa shape index (κ2) is 6.93. The van der Waals surface area contributed by atoms with Gasteiger partial charge in [0.15, 0.2) is 0 Å². The highest BCUT2D eigenvalue weighted by atomic mass is 32.1. The van der Waals surface area contributed by atoms with Crippen molar-refractivity contribution in [3.8, 4) is 0 Å². The fourth-order valence-corrected chi connectivity index (χ4v) is 3.29. The molecule has 1 unspecified atom stereocenters. The third-order valence-corrected chi connectivity index (χ3v) is 4.46. The fraction of sp³-hybridized carbons (Fsp3) is 0.294. The summed E-state index contributed by atoms with van der Waals surface area (Å²) < 4.78 is 1.87. The van der Waals surface area contributed by atoms with Gasteiger partial charge in [-0.3, -0.25) is 4.79 Å². The molecule has 3 rings (SSSR count). The van der Waals surface area contributed by atoms with Crippen LogP contribution in [0.1, 0.15) is 22.8 Å². The summed E-state index contributed by atoms with van der Waals surface area (Å²) in [6.07, 6.45) is 2.50. The Balaban J connectivity index is 1.70. The number of carbonyl (C=O) groups excluding carboxylic acids is 1. The molecule has 0 bridgehead atoms. The summed E-state index contributed by atoms with van der Waals surface area (Å²) in [4.78, 5) is 16.7. The Hall–Kier alpha value is -2.18. The first-order valence-electron chi connectivity index (χ1n) is 7.55. The van der Waals surface area contributed by atoms with E-state index in [4.69, 9.17) is 5.11 Å². The number of benzene rings is 1. The van der Waals surface area contributed by atoms with E-state index < -0.39 is 0 Å². The number of nitrogens with zero attached hydrogens (tertiary/aromatic N) is 2. The quantitative estimate of drug-likeness (QED) is 0.730. The average molecular weight is 329 g/mol. The van der Waals surface area contributed by atoms with Gasteiger partial charge in [-0.1, -0.05) is 0 Å². The summed E-state index contributed by atoms with van der Waals surface area (Å²) in [5, 5.41) is 16.2. The molecule has 120 valence electrons. The number of nitrogens with one attached hydrogen (secondary N) is 1. The summed E-state index contributed by atoms with van der Waals surface area (Å²) in [6, 6.07) is 7.60. The molecule has 0 saturated heterocycles. The zero-order valence-electron chi connectivity index (χ0n) is 12.9. The standard InChI is InChI=1S/C17H19N3O2S/c1-12(8-13-4-7-23-10-13)19-17(22)14-2-3-16-15(9-14)18-11-20(16)5-6-21/h2-4,7,9-12,21H,5-6,8H2,1H3,(H,19,22). The smallest absolute Gasteiger partial charge is 0.251 e. The van der Waals surface area contributed by atoms with Crippen LogP contribution in [0.3, 0.4) is 0 Å². The van der Waals surface area contributed by atoms with Crippen molar-refractivity contribution in [3.63, 3.8) is 0 Å². The number of fused-ring (bicyclic) bond motifs is 1. The van der Waals surface area contributed by atoms with E-state index in [2.05, 4.69) is 21.7 Å². The number of thiophene rings is 1. The molecule has 0 spiro atoms. The maximum Gasteiger partial charge on any atom is 0.251 e. The zero-order valence-corrected chi connectivity index (χ0v) is 13.7. The van der Waals surface area contributed by atoms with Gasteiger partial charge in [0.05, 0.1) is 24.0 Å². The van der Waals surface area contributed by atoms with Gasteiger partial charge < -0.3 is 15.0 Å². The summed E-state index contributed by atoms with van der Waals surface area (Å²) in [6.45, 7) is 2.57. The highest BCUT2D eigenvalue weighted by Crippen LogP contribution is 2.15. The Bertz CT molecular complexity index is 795. The molecular weight excluding hydrogens is 310 g/mol. The van der Waals surface area contributed by atoms with Crippen LogP contribution < -0.4 is 5.32 Å². The zero-order chi connectivity index (χ0) is 16.2. The van der Waals surface area contributed by atoms with Gasteiger partial charge in [0, 0.05) is 18.2 Å². The lowest BCUT2D eigenvalue weighted by Crippen LogP contribution is -2.33. The lowest BCUT2D eigenvalue weighted by atomic mass is 10.1. The Morgan fingerprint density at radius 2 is 2.30 bits per heavy atom. The number of aliphatic hydroxyl groups is 1. The van der Waals surface area contributed by atoms with E-state index in [1.165, 1.54) is 5.56 Å². The molecule has 0 aliphatic carbocycles. The van der Waals surface area contributed by atoms with Crippen LogP contribution in [-0.2, 0) is 13.0 Å². The van der Waals surface area contributed by atoms with Gasteiger partial charge in [0.2, 0.25) is 0 Å². The van der Waals surface area contributed by atoms with Crippen molar-refractivity contribution in [3.05, 3.63) is 52.5 Å². The molecule has 2 N–H and O–H groups in total. The SMILES string of the molecule is CC(Cc1ccsc1)NC(=O)c1ccc2c(c1)ncn2CCO. The minimum absolute atomic E-state index is 0.0633. The molecule has 0 aliphatic rings. The predicted molar refractivity (Wildman–Crippen MR) is 91.8 cm³/mol. The second-order valence-electron chi connectivity index (χ2n) is 5.58. The normalized spacial score (nSPS) is 12.4. The third-order valence-electron chi connectivity index (χ3n) is 3.72. The van der Waals surface area contributed by atoms with E-state index in [0.29, 0.717) is 12.1 Å². The number of amides is 1. The average Bonchev–Trinajstić information content (AvgIpc) is 3.17. The molecular formula is C17H19N3O2S. The maximum atomic E-state index is 12.4. The van der Waals surface area contributed by atoms with Crippen LogP contribution in [0, 0.1) is 0 Å². The molecule has 5 nitrogen and oxygen atoms in total. The van der Waals surface area contributed by atoms with Crippen molar-refractivity contribution in [2.24, 2.45) is 0 Å². The Kier molecular flexibility index (Phi) is 4.73. The summed E-state index contributed by atoms with van der Waals surface area (Å²) >= 11 is 1.66. The first-order valence-corrected chi connectivity index (χ1v) is 8.49. The third kappa shape index (κ3) is 3.60. The number of rotatable bonds is 6.